The number of nitrogens with zero attached hydrogens (tertiary/aromatic N) is 3. The van der Waals surface area contributed by atoms with E-state index in [1.54, 1.807) is 42.8 Å². The third-order valence-corrected chi connectivity index (χ3v) is 4.45. The number of carbonyl (C=O) groups is 1. The van der Waals surface area contributed by atoms with Gasteiger partial charge in [0.1, 0.15) is 12.5 Å². The van der Waals surface area contributed by atoms with E-state index in [0.717, 1.165) is 16.8 Å². The van der Waals surface area contributed by atoms with Gasteiger partial charge < -0.3 is 19.5 Å². The zero-order valence-electron chi connectivity index (χ0n) is 15.3. The highest BCUT2D eigenvalue weighted by Crippen LogP contribution is 2.38. The molecule has 2 N–H and O–H groups in total. The van der Waals surface area contributed by atoms with Crippen LogP contribution in [0.4, 0.5) is 0 Å². The molecule has 0 radical (unpaired) electrons. The maximum absolute atomic E-state index is 11.8. The summed E-state index contributed by atoms with van der Waals surface area (Å²) in [4.78, 5) is 17.7. The molecule has 26 heavy (non-hydrogen) atoms. The summed E-state index contributed by atoms with van der Waals surface area (Å²) in [6.07, 6.45) is 2.32. The summed E-state index contributed by atoms with van der Waals surface area (Å²) in [5.74, 6) is -0.270. The number of carbonyl (C=O) groups excluding carboxylic acids is 1. The molecule has 1 aliphatic rings. The van der Waals surface area contributed by atoms with Crippen LogP contribution in [-0.4, -0.2) is 37.2 Å². The van der Waals surface area contributed by atoms with Gasteiger partial charge >= 0.3 is 5.97 Å². The second-order valence-electron chi connectivity index (χ2n) is 7.55. The zero-order valence-corrected chi connectivity index (χ0v) is 15.3. The number of aromatic nitrogens is 2. The van der Waals surface area contributed by atoms with Gasteiger partial charge in [-0.1, -0.05) is 24.3 Å². The molecule has 2 heterocycles. The number of hydrogen-bond acceptors (Lipinski definition) is 6. The van der Waals surface area contributed by atoms with Crippen LogP contribution in [0.5, 0.6) is 0 Å². The minimum atomic E-state index is -0.823. The van der Waals surface area contributed by atoms with Gasteiger partial charge in [0.05, 0.1) is 17.4 Å². The lowest BCUT2D eigenvalue weighted by molar-refractivity contribution is -0.156. The molecule has 0 fully saturated rings. The molecule has 1 aromatic heterocycles. The molecule has 140 valence electrons. The van der Waals surface area contributed by atoms with Crippen LogP contribution in [0.15, 0.2) is 36.8 Å². The minimum absolute atomic E-state index is 0.115. The van der Waals surface area contributed by atoms with Gasteiger partial charge in [-0.3, -0.25) is 4.79 Å². The summed E-state index contributed by atoms with van der Waals surface area (Å²) < 4.78 is 6.95. The van der Waals surface area contributed by atoms with Crippen LogP contribution < -0.4 is 0 Å². The molecule has 7 nitrogen and oxygen atoms in total. The lowest BCUT2D eigenvalue weighted by atomic mass is 9.98. The van der Waals surface area contributed by atoms with Crippen molar-refractivity contribution in [3.8, 4) is 0 Å². The van der Waals surface area contributed by atoms with E-state index in [9.17, 15) is 15.0 Å². The first kappa shape index (κ1) is 18.6. The molecular weight excluding hydrogens is 334 g/mol. The number of ether oxygens (including phenoxy) is 1. The van der Waals surface area contributed by atoms with Crippen LogP contribution in [0.2, 0.25) is 0 Å². The summed E-state index contributed by atoms with van der Waals surface area (Å²) in [6.45, 7) is 5.98. The SMILES string of the molecule is CC(C)(C)C(=O)OCn1cnc(CCN2C(O)c3ccccc3C2O)c1. The van der Waals surface area contributed by atoms with Crippen molar-refractivity contribution in [3.05, 3.63) is 53.6 Å². The standard InChI is InChI=1S/C19H25N3O4/c1-19(2,3)18(25)26-12-21-10-13(20-11-21)8-9-22-16(23)14-6-4-5-7-15(14)17(22)24/h4-7,10-11,16-17,23-24H,8-9,12H2,1-3H3. The number of aliphatic hydroxyl groups excluding tert-OH is 2. The Kier molecular flexibility index (Phi) is 5.13. The fourth-order valence-corrected chi connectivity index (χ4v) is 2.92. The van der Waals surface area contributed by atoms with Gasteiger partial charge in [-0.15, -0.1) is 0 Å². The highest BCUT2D eigenvalue weighted by molar-refractivity contribution is 5.75. The summed E-state index contributed by atoms with van der Waals surface area (Å²) in [7, 11) is 0. The molecule has 0 spiro atoms. The molecule has 7 heteroatoms. The van der Waals surface area contributed by atoms with Crippen LogP contribution in [0.1, 0.15) is 50.0 Å². The minimum Gasteiger partial charge on any atom is -0.443 e. The number of hydrogen-bond donors (Lipinski definition) is 2. The fourth-order valence-electron chi connectivity index (χ4n) is 2.92. The second kappa shape index (κ2) is 7.19. The number of rotatable bonds is 5. The Morgan fingerprint density at radius 1 is 1.19 bits per heavy atom. The predicted molar refractivity (Wildman–Crippen MR) is 94.5 cm³/mol. The Balaban J connectivity index is 1.55. The molecule has 0 saturated heterocycles. The van der Waals surface area contributed by atoms with Crippen molar-refractivity contribution in [2.75, 3.05) is 6.54 Å². The number of benzene rings is 1. The number of aliphatic hydroxyl groups is 2. The van der Waals surface area contributed by atoms with Gasteiger partial charge in [-0.05, 0) is 20.8 Å². The molecule has 1 aromatic carbocycles. The Morgan fingerprint density at radius 3 is 2.38 bits per heavy atom. The lowest BCUT2D eigenvalue weighted by Crippen LogP contribution is -2.28. The Labute approximate surface area is 152 Å². The van der Waals surface area contributed by atoms with Crippen molar-refractivity contribution in [1.29, 1.82) is 0 Å². The lowest BCUT2D eigenvalue weighted by Gasteiger charge is -2.23. The predicted octanol–water partition coefficient (Wildman–Crippen LogP) is 1.97. The average Bonchev–Trinajstić information content (AvgIpc) is 3.14. The van der Waals surface area contributed by atoms with E-state index in [-0.39, 0.29) is 12.7 Å². The van der Waals surface area contributed by atoms with Crippen molar-refractivity contribution >= 4 is 5.97 Å². The molecule has 2 aromatic rings. The summed E-state index contributed by atoms with van der Waals surface area (Å²) in [5, 5.41) is 20.8. The largest absolute Gasteiger partial charge is 0.443 e. The second-order valence-corrected chi connectivity index (χ2v) is 7.55. The van der Waals surface area contributed by atoms with Crippen LogP contribution >= 0.6 is 0 Å². The molecular formula is C19H25N3O4. The van der Waals surface area contributed by atoms with Crippen LogP contribution in [0.3, 0.4) is 0 Å². The van der Waals surface area contributed by atoms with Crippen molar-refractivity contribution in [3.63, 3.8) is 0 Å². The third kappa shape index (κ3) is 3.80. The van der Waals surface area contributed by atoms with Gasteiger partial charge in [-0.25, -0.2) is 9.88 Å². The monoisotopic (exact) mass is 359 g/mol. The summed E-state index contributed by atoms with van der Waals surface area (Å²) >= 11 is 0. The zero-order chi connectivity index (χ0) is 18.9. The first-order valence-corrected chi connectivity index (χ1v) is 8.66. The highest BCUT2D eigenvalue weighted by atomic mass is 16.5. The highest BCUT2D eigenvalue weighted by Gasteiger charge is 2.35. The van der Waals surface area contributed by atoms with Gasteiger partial charge in [-0.2, -0.15) is 0 Å². The number of esters is 1. The topological polar surface area (TPSA) is 87.8 Å². The normalized spacial score (nSPS) is 20.2. The molecule has 0 aliphatic carbocycles. The van der Waals surface area contributed by atoms with Crippen molar-refractivity contribution < 1.29 is 19.7 Å². The Hall–Kier alpha value is -2.22. The molecule has 3 rings (SSSR count). The first-order chi connectivity index (χ1) is 12.3. The fraction of sp³-hybridized carbons (Fsp3) is 0.474. The van der Waals surface area contributed by atoms with E-state index in [1.165, 1.54) is 0 Å². The van der Waals surface area contributed by atoms with E-state index in [0.29, 0.717) is 13.0 Å². The molecule has 1 aliphatic heterocycles. The Bertz CT molecular complexity index is 752. The van der Waals surface area contributed by atoms with Crippen LogP contribution in [0.25, 0.3) is 0 Å². The third-order valence-electron chi connectivity index (χ3n) is 4.45. The van der Waals surface area contributed by atoms with Gasteiger partial charge in [0.25, 0.3) is 0 Å². The molecule has 2 unspecified atom stereocenters. The van der Waals surface area contributed by atoms with E-state index in [2.05, 4.69) is 4.98 Å². The van der Waals surface area contributed by atoms with Crippen LogP contribution in [0, 0.1) is 5.41 Å². The average molecular weight is 359 g/mol. The first-order valence-electron chi connectivity index (χ1n) is 8.66. The van der Waals surface area contributed by atoms with Gasteiger partial charge in [0, 0.05) is 30.3 Å². The van der Waals surface area contributed by atoms with Crippen molar-refractivity contribution in [2.24, 2.45) is 5.41 Å². The van der Waals surface area contributed by atoms with E-state index in [1.807, 2.05) is 24.3 Å². The number of fused-ring (bicyclic) bond motifs is 1. The summed E-state index contributed by atoms with van der Waals surface area (Å²) in [6, 6.07) is 7.33. The van der Waals surface area contributed by atoms with Gasteiger partial charge in [0.15, 0.2) is 6.73 Å². The molecule has 2 atom stereocenters. The smallest absolute Gasteiger partial charge is 0.312 e. The van der Waals surface area contributed by atoms with Crippen LogP contribution in [-0.2, 0) is 22.7 Å². The van der Waals surface area contributed by atoms with Crippen molar-refractivity contribution in [1.82, 2.24) is 14.5 Å². The van der Waals surface area contributed by atoms with Gasteiger partial charge in [0.2, 0.25) is 0 Å². The number of imidazole rings is 1. The molecule has 0 saturated carbocycles. The quantitative estimate of drug-likeness (QED) is 0.794. The maximum atomic E-state index is 11.8. The molecule has 0 bridgehead atoms. The maximum Gasteiger partial charge on any atom is 0.312 e. The van der Waals surface area contributed by atoms with E-state index >= 15 is 0 Å². The summed E-state index contributed by atoms with van der Waals surface area (Å²) in [5.41, 5.74) is 1.73. The molecule has 0 amide bonds. The Morgan fingerprint density at radius 2 is 1.81 bits per heavy atom. The van der Waals surface area contributed by atoms with E-state index in [4.69, 9.17) is 4.74 Å². The van der Waals surface area contributed by atoms with E-state index < -0.39 is 17.9 Å². The van der Waals surface area contributed by atoms with Crippen molar-refractivity contribution in [2.45, 2.75) is 46.4 Å².